The number of carboxylic acid groups (broad SMARTS) is 1. The number of amides is 1. The summed E-state index contributed by atoms with van der Waals surface area (Å²) in [5, 5.41) is 10.7. The van der Waals surface area contributed by atoms with Crippen molar-refractivity contribution in [1.82, 2.24) is 10.3 Å². The SMILES string of the molecule is CCC(NC(=O)c1scnc1C(F)(F)F)C(=O)O. The Bertz CT molecular complexity index is 458. The predicted molar refractivity (Wildman–Crippen MR) is 56.3 cm³/mol. The zero-order valence-corrected chi connectivity index (χ0v) is 9.93. The van der Waals surface area contributed by atoms with Gasteiger partial charge in [-0.25, -0.2) is 9.78 Å². The predicted octanol–water partition coefficient (Wildman–Crippen LogP) is 1.75. The van der Waals surface area contributed by atoms with Gasteiger partial charge in [0.05, 0.1) is 5.51 Å². The van der Waals surface area contributed by atoms with E-state index in [0.717, 1.165) is 5.51 Å². The van der Waals surface area contributed by atoms with Crippen LogP contribution in [0.1, 0.15) is 28.7 Å². The summed E-state index contributed by atoms with van der Waals surface area (Å²) >= 11 is 0.513. The molecule has 9 heteroatoms. The number of carboxylic acids is 1. The molecule has 1 aromatic rings. The van der Waals surface area contributed by atoms with Gasteiger partial charge in [0.15, 0.2) is 5.69 Å². The smallest absolute Gasteiger partial charge is 0.434 e. The summed E-state index contributed by atoms with van der Waals surface area (Å²) in [6, 6.07) is -1.22. The maximum atomic E-state index is 12.5. The van der Waals surface area contributed by atoms with Gasteiger partial charge in [0, 0.05) is 0 Å². The molecule has 1 aromatic heterocycles. The number of hydrogen-bond acceptors (Lipinski definition) is 4. The molecule has 2 N–H and O–H groups in total. The van der Waals surface area contributed by atoms with Gasteiger partial charge in [-0.05, 0) is 6.42 Å². The van der Waals surface area contributed by atoms with Crippen molar-refractivity contribution in [2.24, 2.45) is 0 Å². The zero-order chi connectivity index (χ0) is 13.9. The number of alkyl halides is 3. The monoisotopic (exact) mass is 282 g/mol. The first kappa shape index (κ1) is 14.4. The van der Waals surface area contributed by atoms with E-state index in [1.165, 1.54) is 6.92 Å². The van der Waals surface area contributed by atoms with Gasteiger partial charge in [-0.1, -0.05) is 6.92 Å². The second-order valence-electron chi connectivity index (χ2n) is 3.30. The van der Waals surface area contributed by atoms with Gasteiger partial charge in [0.2, 0.25) is 0 Å². The largest absolute Gasteiger partial charge is 0.480 e. The molecule has 0 radical (unpaired) electrons. The topological polar surface area (TPSA) is 79.3 Å². The zero-order valence-electron chi connectivity index (χ0n) is 9.11. The van der Waals surface area contributed by atoms with E-state index >= 15 is 0 Å². The first-order chi connectivity index (χ1) is 8.27. The van der Waals surface area contributed by atoms with Gasteiger partial charge < -0.3 is 10.4 Å². The molecule has 1 amide bonds. The van der Waals surface area contributed by atoms with Crippen molar-refractivity contribution >= 4 is 23.2 Å². The molecule has 0 saturated heterocycles. The molecule has 1 atom stereocenters. The van der Waals surface area contributed by atoms with Crippen LogP contribution in [0.15, 0.2) is 5.51 Å². The fraction of sp³-hybridized carbons (Fsp3) is 0.444. The quantitative estimate of drug-likeness (QED) is 0.881. The average molecular weight is 282 g/mol. The number of aliphatic carboxylic acids is 1. The fourth-order valence-corrected chi connectivity index (χ4v) is 1.88. The number of aromatic nitrogens is 1. The molecule has 18 heavy (non-hydrogen) atoms. The lowest BCUT2D eigenvalue weighted by Crippen LogP contribution is -2.40. The highest BCUT2D eigenvalue weighted by Gasteiger charge is 2.38. The van der Waals surface area contributed by atoms with Crippen LogP contribution in [-0.2, 0) is 11.0 Å². The van der Waals surface area contributed by atoms with Gasteiger partial charge in [0.1, 0.15) is 10.9 Å². The maximum absolute atomic E-state index is 12.5. The second kappa shape index (κ2) is 5.34. The Morgan fingerprint density at radius 3 is 2.61 bits per heavy atom. The first-order valence-corrected chi connectivity index (χ1v) is 5.69. The van der Waals surface area contributed by atoms with Gasteiger partial charge in [-0.15, -0.1) is 11.3 Å². The van der Waals surface area contributed by atoms with Crippen molar-refractivity contribution < 1.29 is 27.9 Å². The molecule has 1 unspecified atom stereocenters. The molecule has 0 fully saturated rings. The van der Waals surface area contributed by atoms with Crippen molar-refractivity contribution in [3.8, 4) is 0 Å². The Labute approximate surface area is 104 Å². The standard InChI is InChI=1S/C9H9F3N2O3S/c1-2-4(8(16)17)14-7(15)5-6(9(10,11)12)13-3-18-5/h3-4H,2H2,1H3,(H,14,15)(H,16,17). The van der Waals surface area contributed by atoms with E-state index in [2.05, 4.69) is 4.98 Å². The molecule has 0 saturated carbocycles. The highest BCUT2D eigenvalue weighted by atomic mass is 32.1. The Kier molecular flexibility index (Phi) is 4.28. The molecule has 0 aliphatic heterocycles. The van der Waals surface area contributed by atoms with Crippen LogP contribution in [-0.4, -0.2) is 28.0 Å². The van der Waals surface area contributed by atoms with Gasteiger partial charge in [-0.3, -0.25) is 4.79 Å². The van der Waals surface area contributed by atoms with Gasteiger partial charge in [0.25, 0.3) is 5.91 Å². The third-order valence-corrected chi connectivity index (χ3v) is 2.88. The average Bonchev–Trinajstić information content (AvgIpc) is 2.73. The summed E-state index contributed by atoms with van der Waals surface area (Å²) < 4.78 is 37.4. The third kappa shape index (κ3) is 3.19. The maximum Gasteiger partial charge on any atom is 0.434 e. The fourth-order valence-electron chi connectivity index (χ4n) is 1.17. The number of hydrogen-bond donors (Lipinski definition) is 2. The number of carbonyl (C=O) groups excluding carboxylic acids is 1. The molecule has 1 heterocycles. The highest BCUT2D eigenvalue weighted by Crippen LogP contribution is 2.32. The lowest BCUT2D eigenvalue weighted by atomic mass is 10.2. The number of rotatable bonds is 4. The number of carbonyl (C=O) groups is 2. The van der Waals surface area contributed by atoms with Crippen LogP contribution in [0, 0.1) is 0 Å². The molecule has 0 spiro atoms. The van der Waals surface area contributed by atoms with E-state index in [0.29, 0.717) is 11.3 Å². The van der Waals surface area contributed by atoms with E-state index in [1.807, 2.05) is 5.32 Å². The van der Waals surface area contributed by atoms with E-state index in [4.69, 9.17) is 5.11 Å². The molecule has 5 nitrogen and oxygen atoms in total. The number of thiazole rings is 1. The van der Waals surface area contributed by atoms with Crippen LogP contribution < -0.4 is 5.32 Å². The van der Waals surface area contributed by atoms with E-state index < -0.39 is 34.7 Å². The summed E-state index contributed by atoms with van der Waals surface area (Å²) in [6.45, 7) is 1.50. The molecule has 100 valence electrons. The minimum Gasteiger partial charge on any atom is -0.480 e. The second-order valence-corrected chi connectivity index (χ2v) is 4.16. The summed E-state index contributed by atoms with van der Waals surface area (Å²) in [5.41, 5.74) is -0.412. The van der Waals surface area contributed by atoms with Crippen LogP contribution in [0.4, 0.5) is 13.2 Å². The van der Waals surface area contributed by atoms with Crippen LogP contribution >= 0.6 is 11.3 Å². The number of halogens is 3. The van der Waals surface area contributed by atoms with E-state index in [9.17, 15) is 22.8 Å². The van der Waals surface area contributed by atoms with Crippen LogP contribution in [0.3, 0.4) is 0 Å². The van der Waals surface area contributed by atoms with Crippen LogP contribution in [0.5, 0.6) is 0 Å². The molecule has 1 rings (SSSR count). The summed E-state index contributed by atoms with van der Waals surface area (Å²) in [4.78, 5) is 24.6. The van der Waals surface area contributed by atoms with Crippen molar-refractivity contribution in [1.29, 1.82) is 0 Å². The Morgan fingerprint density at radius 1 is 1.56 bits per heavy atom. The van der Waals surface area contributed by atoms with Crippen molar-refractivity contribution in [3.05, 3.63) is 16.1 Å². The minimum atomic E-state index is -4.74. The van der Waals surface area contributed by atoms with Crippen LogP contribution in [0.25, 0.3) is 0 Å². The molecule has 0 aliphatic carbocycles. The first-order valence-electron chi connectivity index (χ1n) is 4.81. The van der Waals surface area contributed by atoms with Crippen molar-refractivity contribution in [3.63, 3.8) is 0 Å². The third-order valence-electron chi connectivity index (χ3n) is 2.05. The number of nitrogens with one attached hydrogen (secondary N) is 1. The van der Waals surface area contributed by atoms with Crippen LogP contribution in [0.2, 0.25) is 0 Å². The molecular formula is C9H9F3N2O3S. The minimum absolute atomic E-state index is 0.0707. The Morgan fingerprint density at radius 2 is 2.17 bits per heavy atom. The molecule has 0 aliphatic rings. The Balaban J connectivity index is 2.92. The number of nitrogens with zero attached hydrogens (tertiary/aromatic N) is 1. The highest BCUT2D eigenvalue weighted by molar-refractivity contribution is 7.11. The molecule has 0 aromatic carbocycles. The normalized spacial score (nSPS) is 13.1. The van der Waals surface area contributed by atoms with Crippen molar-refractivity contribution in [2.45, 2.75) is 25.6 Å². The molecule has 0 bridgehead atoms. The molecular weight excluding hydrogens is 273 g/mol. The summed E-state index contributed by atoms with van der Waals surface area (Å²) in [7, 11) is 0. The van der Waals surface area contributed by atoms with E-state index in [1.54, 1.807) is 0 Å². The van der Waals surface area contributed by atoms with Crippen molar-refractivity contribution in [2.75, 3.05) is 0 Å². The van der Waals surface area contributed by atoms with E-state index in [-0.39, 0.29) is 6.42 Å². The lowest BCUT2D eigenvalue weighted by molar-refractivity contribution is -0.141. The summed E-state index contributed by atoms with van der Waals surface area (Å²) in [6.07, 6.45) is -4.67. The van der Waals surface area contributed by atoms with Gasteiger partial charge >= 0.3 is 12.1 Å². The van der Waals surface area contributed by atoms with Gasteiger partial charge in [-0.2, -0.15) is 13.2 Å². The lowest BCUT2D eigenvalue weighted by Gasteiger charge is -2.12. The Hall–Kier alpha value is -1.64. The summed E-state index contributed by atoms with van der Waals surface area (Å²) in [5.74, 6) is -2.39.